The van der Waals surface area contributed by atoms with Gasteiger partial charge in [-0.25, -0.2) is 4.79 Å². The van der Waals surface area contributed by atoms with Crippen molar-refractivity contribution in [1.29, 1.82) is 0 Å². The number of fused-ring (bicyclic) bond motifs is 1. The third kappa shape index (κ3) is 5.30. The lowest BCUT2D eigenvalue weighted by molar-refractivity contribution is 0.253. The Hall–Kier alpha value is -3.92. The van der Waals surface area contributed by atoms with Crippen LogP contribution >= 0.6 is 0 Å². The predicted molar refractivity (Wildman–Crippen MR) is 112 cm³/mol. The molecule has 148 valence electrons. The Balaban J connectivity index is 1.45. The molecule has 0 saturated heterocycles. The number of rotatable bonds is 6. The molecule has 2 aromatic carbocycles. The monoisotopic (exact) mass is 391 g/mol. The van der Waals surface area contributed by atoms with Gasteiger partial charge in [0.15, 0.2) is 11.5 Å². The molecule has 7 nitrogen and oxygen atoms in total. The molecule has 0 fully saturated rings. The van der Waals surface area contributed by atoms with Crippen molar-refractivity contribution >= 4 is 22.6 Å². The van der Waals surface area contributed by atoms with Crippen LogP contribution in [-0.4, -0.2) is 38.4 Å². The predicted octanol–water partition coefficient (Wildman–Crippen LogP) is 3.46. The van der Waals surface area contributed by atoms with Crippen molar-refractivity contribution in [3.05, 3.63) is 54.7 Å². The van der Waals surface area contributed by atoms with Gasteiger partial charge in [0, 0.05) is 17.6 Å². The van der Waals surface area contributed by atoms with Crippen LogP contribution in [0.15, 0.2) is 54.7 Å². The molecule has 2 N–H and O–H groups in total. The van der Waals surface area contributed by atoms with Crippen LogP contribution in [0.5, 0.6) is 17.2 Å². The van der Waals surface area contributed by atoms with Gasteiger partial charge in [0.05, 0.1) is 32.0 Å². The average molecular weight is 391 g/mol. The molecular weight excluding hydrogens is 370 g/mol. The molecule has 1 aromatic heterocycles. The van der Waals surface area contributed by atoms with Gasteiger partial charge in [-0.15, -0.1) is 0 Å². The lowest BCUT2D eigenvalue weighted by Crippen LogP contribution is -2.29. The van der Waals surface area contributed by atoms with E-state index in [9.17, 15) is 4.79 Å². The maximum absolute atomic E-state index is 12.0. The average Bonchev–Trinajstić information content (AvgIpc) is 2.75. The molecular formula is C22H21N3O4. The van der Waals surface area contributed by atoms with Gasteiger partial charge in [0.1, 0.15) is 12.4 Å². The molecule has 0 bridgehead atoms. The Morgan fingerprint density at radius 2 is 1.97 bits per heavy atom. The summed E-state index contributed by atoms with van der Waals surface area (Å²) < 4.78 is 16.1. The highest BCUT2D eigenvalue weighted by Gasteiger charge is 2.11. The summed E-state index contributed by atoms with van der Waals surface area (Å²) in [5.41, 5.74) is 1.37. The Bertz CT molecular complexity index is 1060. The topological polar surface area (TPSA) is 81.7 Å². The van der Waals surface area contributed by atoms with Gasteiger partial charge >= 0.3 is 6.03 Å². The number of ether oxygens (including phenoxy) is 3. The molecule has 3 rings (SSSR count). The highest BCUT2D eigenvalue weighted by molar-refractivity contribution is 5.91. The largest absolute Gasteiger partial charge is 0.493 e. The summed E-state index contributed by atoms with van der Waals surface area (Å²) in [6.07, 6.45) is 1.74. The normalized spacial score (nSPS) is 9.86. The number of methoxy groups -OCH3 is 2. The van der Waals surface area contributed by atoms with E-state index in [-0.39, 0.29) is 13.2 Å². The fourth-order valence-electron chi connectivity index (χ4n) is 2.65. The number of para-hydroxylation sites is 1. The maximum Gasteiger partial charge on any atom is 0.320 e. The van der Waals surface area contributed by atoms with E-state index in [0.29, 0.717) is 22.9 Å². The van der Waals surface area contributed by atoms with E-state index < -0.39 is 6.03 Å². The minimum absolute atomic E-state index is 0.181. The second-order valence-corrected chi connectivity index (χ2v) is 5.85. The Morgan fingerprint density at radius 3 is 2.79 bits per heavy atom. The van der Waals surface area contributed by atoms with Gasteiger partial charge in [-0.05, 0) is 30.3 Å². The summed E-state index contributed by atoms with van der Waals surface area (Å²) in [4.78, 5) is 16.3. The molecule has 0 aliphatic carbocycles. The number of pyridine rings is 1. The third-order valence-corrected chi connectivity index (χ3v) is 4.00. The van der Waals surface area contributed by atoms with Gasteiger partial charge in [-0.1, -0.05) is 24.0 Å². The van der Waals surface area contributed by atoms with E-state index in [2.05, 4.69) is 27.5 Å². The molecule has 29 heavy (non-hydrogen) atoms. The summed E-state index contributed by atoms with van der Waals surface area (Å²) in [5.74, 6) is 7.39. The smallest absolute Gasteiger partial charge is 0.320 e. The standard InChI is InChI=1S/C22H21N3O4/c1-27-20-9-5-8-18(21(20)28-2)25-22(26)24-12-3-4-14-29-17-11-10-16-7-6-13-23-19(16)15-17/h5-11,13,15H,12,14H2,1-2H3,(H2,24,25,26). The van der Waals surface area contributed by atoms with E-state index in [1.54, 1.807) is 24.4 Å². The number of aromatic nitrogens is 1. The number of hydrogen-bond acceptors (Lipinski definition) is 5. The first-order valence-corrected chi connectivity index (χ1v) is 8.90. The first-order valence-electron chi connectivity index (χ1n) is 8.90. The molecule has 0 atom stereocenters. The molecule has 7 heteroatoms. The van der Waals surface area contributed by atoms with E-state index in [1.807, 2.05) is 30.3 Å². The van der Waals surface area contributed by atoms with Crippen molar-refractivity contribution in [3.63, 3.8) is 0 Å². The molecule has 0 saturated carbocycles. The van der Waals surface area contributed by atoms with Gasteiger partial charge < -0.3 is 24.8 Å². The van der Waals surface area contributed by atoms with Crippen molar-refractivity contribution in [2.24, 2.45) is 0 Å². The molecule has 3 aromatic rings. The van der Waals surface area contributed by atoms with Gasteiger partial charge in [0.2, 0.25) is 0 Å². The number of hydrogen-bond donors (Lipinski definition) is 2. The molecule has 0 aliphatic rings. The van der Waals surface area contributed by atoms with Crippen molar-refractivity contribution in [2.75, 3.05) is 32.7 Å². The lowest BCUT2D eigenvalue weighted by atomic mass is 10.2. The van der Waals surface area contributed by atoms with Crippen molar-refractivity contribution in [1.82, 2.24) is 10.3 Å². The summed E-state index contributed by atoms with van der Waals surface area (Å²) in [6.45, 7) is 0.395. The fourth-order valence-corrected chi connectivity index (χ4v) is 2.65. The van der Waals surface area contributed by atoms with E-state index >= 15 is 0 Å². The number of benzene rings is 2. The van der Waals surface area contributed by atoms with Crippen molar-refractivity contribution in [3.8, 4) is 29.1 Å². The van der Waals surface area contributed by atoms with E-state index in [0.717, 1.165) is 10.9 Å². The van der Waals surface area contributed by atoms with E-state index in [1.165, 1.54) is 14.2 Å². The number of carbonyl (C=O) groups excluding carboxylic acids is 1. The third-order valence-electron chi connectivity index (χ3n) is 4.00. The zero-order valence-corrected chi connectivity index (χ0v) is 16.2. The van der Waals surface area contributed by atoms with Crippen LogP contribution in [-0.2, 0) is 0 Å². The van der Waals surface area contributed by atoms with Crippen molar-refractivity contribution in [2.45, 2.75) is 0 Å². The highest BCUT2D eigenvalue weighted by atomic mass is 16.5. The SMILES string of the molecule is COc1cccc(NC(=O)NCC#CCOc2ccc3cccnc3c2)c1OC. The summed E-state index contributed by atoms with van der Waals surface area (Å²) in [5, 5.41) is 6.42. The first-order chi connectivity index (χ1) is 14.2. The van der Waals surface area contributed by atoms with Crippen LogP contribution < -0.4 is 24.8 Å². The van der Waals surface area contributed by atoms with Crippen LogP contribution in [0.25, 0.3) is 10.9 Å². The Labute approximate surface area is 169 Å². The zero-order chi connectivity index (χ0) is 20.5. The van der Waals surface area contributed by atoms with Crippen LogP contribution in [0.2, 0.25) is 0 Å². The molecule has 0 spiro atoms. The number of carbonyl (C=O) groups is 1. The first kappa shape index (κ1) is 19.8. The highest BCUT2D eigenvalue weighted by Crippen LogP contribution is 2.34. The number of anilines is 1. The number of amides is 2. The number of nitrogens with zero attached hydrogens (tertiary/aromatic N) is 1. The quantitative estimate of drug-likeness (QED) is 0.629. The fraction of sp³-hybridized carbons (Fsp3) is 0.182. The molecule has 1 heterocycles. The Kier molecular flexibility index (Phi) is 6.74. The summed E-state index contributed by atoms with van der Waals surface area (Å²) >= 11 is 0. The van der Waals surface area contributed by atoms with Gasteiger partial charge in [-0.2, -0.15) is 0 Å². The summed E-state index contributed by atoms with van der Waals surface area (Å²) in [7, 11) is 3.05. The molecule has 0 aliphatic heterocycles. The van der Waals surface area contributed by atoms with Crippen LogP contribution in [0, 0.1) is 11.8 Å². The molecule has 2 amide bonds. The molecule has 0 unspecified atom stereocenters. The Morgan fingerprint density at radius 1 is 1.07 bits per heavy atom. The number of urea groups is 1. The second-order valence-electron chi connectivity index (χ2n) is 5.85. The summed E-state index contributed by atoms with van der Waals surface area (Å²) in [6, 6.07) is 14.4. The van der Waals surface area contributed by atoms with Crippen LogP contribution in [0.1, 0.15) is 0 Å². The maximum atomic E-state index is 12.0. The van der Waals surface area contributed by atoms with Crippen molar-refractivity contribution < 1.29 is 19.0 Å². The van der Waals surface area contributed by atoms with Crippen LogP contribution in [0.4, 0.5) is 10.5 Å². The second kappa shape index (κ2) is 9.85. The van der Waals surface area contributed by atoms with Crippen LogP contribution in [0.3, 0.4) is 0 Å². The van der Waals surface area contributed by atoms with E-state index in [4.69, 9.17) is 14.2 Å². The number of nitrogens with one attached hydrogen (secondary N) is 2. The van der Waals surface area contributed by atoms with Gasteiger partial charge in [0.25, 0.3) is 0 Å². The minimum Gasteiger partial charge on any atom is -0.493 e. The molecule has 0 radical (unpaired) electrons. The van der Waals surface area contributed by atoms with Gasteiger partial charge in [-0.3, -0.25) is 4.98 Å². The lowest BCUT2D eigenvalue weighted by Gasteiger charge is -2.13. The minimum atomic E-state index is -0.396. The zero-order valence-electron chi connectivity index (χ0n) is 16.2.